The van der Waals surface area contributed by atoms with Crippen LogP contribution in [0.1, 0.15) is 30.5 Å². The average molecular weight is 217 g/mol. The van der Waals surface area contributed by atoms with Crippen LogP contribution in [0.2, 0.25) is 0 Å². The molecule has 2 heteroatoms. The lowest BCUT2D eigenvalue weighted by molar-refractivity contribution is 0.134. The topological polar surface area (TPSA) is 33.1 Å². The Morgan fingerprint density at radius 3 is 2.75 bits per heavy atom. The standard InChI is InChI=1S/C14H19NO/c1-9-5-6-10(15-8-9)7-13(16)14-11-3-2-4-12(11)14/h5-6,8,11-14,16H,2-4,7H2,1H3. The number of pyridine rings is 1. The minimum atomic E-state index is -0.162. The summed E-state index contributed by atoms with van der Waals surface area (Å²) in [5.41, 5.74) is 2.21. The van der Waals surface area contributed by atoms with E-state index in [1.54, 1.807) is 0 Å². The molecule has 2 saturated carbocycles. The highest BCUT2D eigenvalue weighted by atomic mass is 16.3. The van der Waals surface area contributed by atoms with Crippen molar-refractivity contribution in [2.45, 2.75) is 38.7 Å². The Morgan fingerprint density at radius 2 is 2.12 bits per heavy atom. The normalized spacial score (nSPS) is 33.5. The van der Waals surface area contributed by atoms with Gasteiger partial charge in [0.15, 0.2) is 0 Å². The minimum Gasteiger partial charge on any atom is -0.392 e. The molecule has 3 atom stereocenters. The van der Waals surface area contributed by atoms with Gasteiger partial charge in [-0.05, 0) is 49.1 Å². The first kappa shape index (κ1) is 10.3. The fraction of sp³-hybridized carbons (Fsp3) is 0.643. The van der Waals surface area contributed by atoms with Gasteiger partial charge in [-0.3, -0.25) is 4.98 Å². The van der Waals surface area contributed by atoms with E-state index in [-0.39, 0.29) is 6.10 Å². The predicted octanol–water partition coefficient (Wildman–Crippen LogP) is 2.34. The van der Waals surface area contributed by atoms with Crippen molar-refractivity contribution in [3.05, 3.63) is 29.6 Å². The van der Waals surface area contributed by atoms with Gasteiger partial charge in [-0.15, -0.1) is 0 Å². The molecule has 0 amide bonds. The van der Waals surface area contributed by atoms with Gasteiger partial charge in [0.25, 0.3) is 0 Å². The van der Waals surface area contributed by atoms with Gasteiger partial charge < -0.3 is 5.11 Å². The van der Waals surface area contributed by atoms with Crippen molar-refractivity contribution in [3.8, 4) is 0 Å². The highest BCUT2D eigenvalue weighted by molar-refractivity contribution is 5.14. The molecule has 86 valence electrons. The first-order valence-electron chi connectivity index (χ1n) is 6.35. The lowest BCUT2D eigenvalue weighted by atomic mass is 10.0. The molecule has 2 aliphatic rings. The van der Waals surface area contributed by atoms with Crippen LogP contribution in [0.4, 0.5) is 0 Å². The van der Waals surface area contributed by atoms with Gasteiger partial charge in [-0.1, -0.05) is 12.5 Å². The number of nitrogens with zero attached hydrogens (tertiary/aromatic N) is 1. The Bertz CT molecular complexity index is 363. The van der Waals surface area contributed by atoms with Crippen LogP contribution in [0, 0.1) is 24.7 Å². The maximum atomic E-state index is 10.2. The molecule has 3 unspecified atom stereocenters. The van der Waals surface area contributed by atoms with Crippen LogP contribution in [0.3, 0.4) is 0 Å². The van der Waals surface area contributed by atoms with Crippen LogP contribution in [0.15, 0.2) is 18.3 Å². The van der Waals surface area contributed by atoms with Crippen LogP contribution in [0.25, 0.3) is 0 Å². The largest absolute Gasteiger partial charge is 0.392 e. The molecule has 16 heavy (non-hydrogen) atoms. The van der Waals surface area contributed by atoms with Gasteiger partial charge in [0.05, 0.1) is 6.10 Å². The number of aromatic nitrogens is 1. The van der Waals surface area contributed by atoms with Gasteiger partial charge in [-0.25, -0.2) is 0 Å². The average Bonchev–Trinajstić information content (AvgIpc) is 2.76. The zero-order chi connectivity index (χ0) is 11.1. The Balaban J connectivity index is 1.60. The third kappa shape index (κ3) is 1.75. The first-order valence-corrected chi connectivity index (χ1v) is 6.35. The van der Waals surface area contributed by atoms with E-state index >= 15 is 0 Å². The van der Waals surface area contributed by atoms with Crippen molar-refractivity contribution in [2.75, 3.05) is 0 Å². The van der Waals surface area contributed by atoms with E-state index in [2.05, 4.69) is 11.1 Å². The quantitative estimate of drug-likeness (QED) is 0.843. The fourth-order valence-electron chi connectivity index (χ4n) is 3.42. The zero-order valence-corrected chi connectivity index (χ0v) is 9.76. The Hall–Kier alpha value is -0.890. The lowest BCUT2D eigenvalue weighted by Crippen LogP contribution is -2.17. The third-order valence-electron chi connectivity index (χ3n) is 4.31. The van der Waals surface area contributed by atoms with E-state index < -0.39 is 0 Å². The second kappa shape index (κ2) is 3.85. The summed E-state index contributed by atoms with van der Waals surface area (Å²) in [6, 6.07) is 4.11. The molecule has 0 saturated heterocycles. The Morgan fingerprint density at radius 1 is 1.38 bits per heavy atom. The third-order valence-corrected chi connectivity index (χ3v) is 4.31. The van der Waals surface area contributed by atoms with Crippen molar-refractivity contribution in [1.29, 1.82) is 0 Å². The summed E-state index contributed by atoms with van der Waals surface area (Å²) in [5, 5.41) is 10.2. The van der Waals surface area contributed by atoms with Crippen molar-refractivity contribution < 1.29 is 5.11 Å². The fourth-order valence-corrected chi connectivity index (χ4v) is 3.42. The molecular weight excluding hydrogens is 198 g/mol. The van der Waals surface area contributed by atoms with E-state index in [1.165, 1.54) is 24.8 Å². The minimum absolute atomic E-state index is 0.162. The zero-order valence-electron chi connectivity index (χ0n) is 9.76. The van der Waals surface area contributed by atoms with Crippen molar-refractivity contribution >= 4 is 0 Å². The van der Waals surface area contributed by atoms with E-state index in [0.717, 1.165) is 24.0 Å². The number of aliphatic hydroxyl groups excluding tert-OH is 1. The highest BCUT2D eigenvalue weighted by Gasteiger charge is 2.55. The summed E-state index contributed by atoms with van der Waals surface area (Å²) in [7, 11) is 0. The van der Waals surface area contributed by atoms with Crippen LogP contribution in [-0.2, 0) is 6.42 Å². The summed E-state index contributed by atoms with van der Waals surface area (Å²) >= 11 is 0. The molecule has 1 heterocycles. The summed E-state index contributed by atoms with van der Waals surface area (Å²) in [4.78, 5) is 4.36. The number of fused-ring (bicyclic) bond motifs is 1. The first-order chi connectivity index (χ1) is 7.75. The van der Waals surface area contributed by atoms with Crippen molar-refractivity contribution in [2.24, 2.45) is 17.8 Å². The molecule has 1 N–H and O–H groups in total. The number of hydrogen-bond donors (Lipinski definition) is 1. The maximum absolute atomic E-state index is 10.2. The van der Waals surface area contributed by atoms with Crippen molar-refractivity contribution in [1.82, 2.24) is 4.98 Å². The van der Waals surface area contributed by atoms with Gasteiger partial charge in [0, 0.05) is 18.3 Å². The van der Waals surface area contributed by atoms with Gasteiger partial charge in [0.2, 0.25) is 0 Å². The molecule has 2 nitrogen and oxygen atoms in total. The van der Waals surface area contributed by atoms with Gasteiger partial charge in [0.1, 0.15) is 0 Å². The molecular formula is C14H19NO. The van der Waals surface area contributed by atoms with Crippen LogP contribution >= 0.6 is 0 Å². The molecule has 0 spiro atoms. The van der Waals surface area contributed by atoms with Gasteiger partial charge in [-0.2, -0.15) is 0 Å². The van der Waals surface area contributed by atoms with Crippen molar-refractivity contribution in [3.63, 3.8) is 0 Å². The van der Waals surface area contributed by atoms with E-state index in [4.69, 9.17) is 0 Å². The summed E-state index contributed by atoms with van der Waals surface area (Å²) in [5.74, 6) is 2.25. The molecule has 2 aliphatic carbocycles. The number of aliphatic hydroxyl groups is 1. The SMILES string of the molecule is Cc1ccc(CC(O)C2C3CCCC32)nc1. The number of hydrogen-bond acceptors (Lipinski definition) is 2. The Kier molecular flexibility index (Phi) is 2.47. The number of aryl methyl sites for hydroxylation is 1. The second-order valence-electron chi connectivity index (χ2n) is 5.43. The molecule has 3 rings (SSSR count). The molecule has 1 aromatic heterocycles. The molecule has 0 aromatic carbocycles. The monoisotopic (exact) mass is 217 g/mol. The number of rotatable bonds is 3. The highest BCUT2D eigenvalue weighted by Crippen LogP contribution is 2.59. The molecule has 0 bridgehead atoms. The van der Waals surface area contributed by atoms with Crippen LogP contribution < -0.4 is 0 Å². The smallest absolute Gasteiger partial charge is 0.0629 e. The van der Waals surface area contributed by atoms with Gasteiger partial charge >= 0.3 is 0 Å². The van der Waals surface area contributed by atoms with E-state index in [9.17, 15) is 5.11 Å². The summed E-state index contributed by atoms with van der Waals surface area (Å²) < 4.78 is 0. The Labute approximate surface area is 96.7 Å². The van der Waals surface area contributed by atoms with Crippen LogP contribution in [0.5, 0.6) is 0 Å². The lowest BCUT2D eigenvalue weighted by Gasteiger charge is -2.12. The molecule has 0 aliphatic heterocycles. The van der Waals surface area contributed by atoms with E-state index in [1.807, 2.05) is 19.2 Å². The summed E-state index contributed by atoms with van der Waals surface area (Å²) in [6.45, 7) is 2.04. The second-order valence-corrected chi connectivity index (χ2v) is 5.43. The molecule has 1 aromatic rings. The summed E-state index contributed by atoms with van der Waals surface area (Å²) in [6.07, 6.45) is 6.52. The molecule has 2 fully saturated rings. The maximum Gasteiger partial charge on any atom is 0.0629 e. The molecule has 0 radical (unpaired) electrons. The predicted molar refractivity (Wildman–Crippen MR) is 63.0 cm³/mol. The van der Waals surface area contributed by atoms with Crippen LogP contribution in [-0.4, -0.2) is 16.2 Å². The van der Waals surface area contributed by atoms with E-state index in [0.29, 0.717) is 5.92 Å².